The van der Waals surface area contributed by atoms with Gasteiger partial charge in [-0.1, -0.05) is 34.8 Å². The molecule has 6 nitrogen and oxygen atoms in total. The van der Waals surface area contributed by atoms with Crippen molar-refractivity contribution in [1.29, 1.82) is 0 Å². The van der Waals surface area contributed by atoms with Crippen molar-refractivity contribution in [2.45, 2.75) is 0 Å². The molecule has 0 amide bonds. The second-order valence-corrected chi connectivity index (χ2v) is 6.25. The van der Waals surface area contributed by atoms with Crippen molar-refractivity contribution in [2.75, 3.05) is 0 Å². The summed E-state index contributed by atoms with van der Waals surface area (Å²) in [4.78, 5) is 3.96. The molecule has 0 saturated heterocycles. The molecule has 1 aromatic carbocycles. The first-order valence-corrected chi connectivity index (χ1v) is 8.21. The fraction of sp³-hybridized carbons (Fsp3) is 0. The van der Waals surface area contributed by atoms with E-state index in [1.807, 2.05) is 0 Å². The summed E-state index contributed by atoms with van der Waals surface area (Å²) in [6.45, 7) is 0. The molecule has 0 atom stereocenters. The highest BCUT2D eigenvalue weighted by Gasteiger charge is 2.13. The Morgan fingerprint density at radius 1 is 0.920 bits per heavy atom. The van der Waals surface area contributed by atoms with Gasteiger partial charge in [-0.05, 0) is 36.4 Å². The quantitative estimate of drug-likeness (QED) is 0.462. The Balaban J connectivity index is 1.79. The van der Waals surface area contributed by atoms with E-state index in [9.17, 15) is 0 Å². The molecule has 3 heterocycles. The van der Waals surface area contributed by atoms with Gasteiger partial charge >= 0.3 is 0 Å². The second kappa shape index (κ2) is 6.48. The lowest BCUT2D eigenvalue weighted by molar-refractivity contribution is 0.451. The number of fused-ring (bicyclic) bond motifs is 1. The first-order valence-electron chi connectivity index (χ1n) is 7.07. The van der Waals surface area contributed by atoms with Gasteiger partial charge in [-0.3, -0.25) is 0 Å². The number of aromatic nitrogens is 5. The third kappa shape index (κ3) is 3.24. The molecule has 0 saturated carbocycles. The topological polar surface area (TPSA) is 65.2 Å². The zero-order valence-corrected chi connectivity index (χ0v) is 14.7. The van der Waals surface area contributed by atoms with Crippen LogP contribution in [0.2, 0.25) is 15.2 Å². The predicted octanol–water partition coefficient (Wildman–Crippen LogP) is 4.94. The van der Waals surface area contributed by atoms with Crippen molar-refractivity contribution in [1.82, 2.24) is 24.8 Å². The van der Waals surface area contributed by atoms with Gasteiger partial charge in [0.1, 0.15) is 0 Å². The SMILES string of the molecule is Clc1cc(Cl)cc(-c2nnc3ccc(Oc4cccnc4Cl)nn23)c1. The lowest BCUT2D eigenvalue weighted by atomic mass is 10.2. The molecule has 25 heavy (non-hydrogen) atoms. The minimum atomic E-state index is 0.245. The first-order chi connectivity index (χ1) is 12.1. The molecule has 4 rings (SSSR count). The highest BCUT2D eigenvalue weighted by atomic mass is 35.5. The Hall–Kier alpha value is -2.41. The van der Waals surface area contributed by atoms with E-state index in [1.54, 1.807) is 53.2 Å². The van der Waals surface area contributed by atoms with Crippen molar-refractivity contribution < 1.29 is 4.74 Å². The van der Waals surface area contributed by atoms with Gasteiger partial charge in [0.25, 0.3) is 0 Å². The van der Waals surface area contributed by atoms with Crippen LogP contribution in [-0.4, -0.2) is 24.8 Å². The van der Waals surface area contributed by atoms with E-state index in [1.165, 1.54) is 0 Å². The summed E-state index contributed by atoms with van der Waals surface area (Å²) in [6.07, 6.45) is 1.58. The maximum absolute atomic E-state index is 6.07. The summed E-state index contributed by atoms with van der Waals surface area (Å²) in [7, 11) is 0. The van der Waals surface area contributed by atoms with Gasteiger partial charge in [0, 0.05) is 27.9 Å². The van der Waals surface area contributed by atoms with E-state index in [0.717, 1.165) is 0 Å². The number of hydrogen-bond donors (Lipinski definition) is 0. The van der Waals surface area contributed by atoms with Gasteiger partial charge in [0.15, 0.2) is 22.4 Å². The lowest BCUT2D eigenvalue weighted by Gasteiger charge is -2.06. The van der Waals surface area contributed by atoms with Crippen LogP contribution >= 0.6 is 34.8 Å². The van der Waals surface area contributed by atoms with Crippen LogP contribution < -0.4 is 4.74 Å². The van der Waals surface area contributed by atoms with Gasteiger partial charge in [0.05, 0.1) is 0 Å². The van der Waals surface area contributed by atoms with Crippen molar-refractivity contribution in [3.05, 3.63) is 63.9 Å². The molecular formula is C16H8Cl3N5O. The number of nitrogens with zero attached hydrogens (tertiary/aromatic N) is 5. The summed E-state index contributed by atoms with van der Waals surface area (Å²) in [5.41, 5.74) is 1.24. The molecule has 0 fully saturated rings. The molecular weight excluding hydrogens is 385 g/mol. The van der Waals surface area contributed by atoms with Crippen LogP contribution in [0.25, 0.3) is 17.0 Å². The van der Waals surface area contributed by atoms with Crippen LogP contribution in [0.4, 0.5) is 0 Å². The van der Waals surface area contributed by atoms with Crippen molar-refractivity contribution in [2.24, 2.45) is 0 Å². The molecule has 0 aliphatic heterocycles. The van der Waals surface area contributed by atoms with E-state index >= 15 is 0 Å². The van der Waals surface area contributed by atoms with Crippen molar-refractivity contribution in [3.63, 3.8) is 0 Å². The monoisotopic (exact) mass is 391 g/mol. The van der Waals surface area contributed by atoms with Gasteiger partial charge in [-0.15, -0.1) is 15.3 Å². The Morgan fingerprint density at radius 3 is 2.48 bits per heavy atom. The second-order valence-electron chi connectivity index (χ2n) is 5.02. The average molecular weight is 393 g/mol. The number of ether oxygens (including phenoxy) is 1. The van der Waals surface area contributed by atoms with E-state index in [0.29, 0.717) is 38.7 Å². The average Bonchev–Trinajstić information content (AvgIpc) is 2.99. The van der Waals surface area contributed by atoms with E-state index in [2.05, 4.69) is 20.3 Å². The molecule has 0 radical (unpaired) electrons. The van der Waals surface area contributed by atoms with Gasteiger partial charge < -0.3 is 4.74 Å². The minimum Gasteiger partial charge on any atom is -0.434 e. The van der Waals surface area contributed by atoms with Crippen LogP contribution in [0.5, 0.6) is 11.6 Å². The summed E-state index contributed by atoms with van der Waals surface area (Å²) >= 11 is 18.1. The Kier molecular flexibility index (Phi) is 4.17. The van der Waals surface area contributed by atoms with E-state index < -0.39 is 0 Å². The molecule has 4 aromatic rings. The Labute approximate surface area is 157 Å². The van der Waals surface area contributed by atoms with Gasteiger partial charge in [0.2, 0.25) is 5.88 Å². The normalized spacial score (nSPS) is 11.0. The molecule has 0 N–H and O–H groups in total. The molecule has 0 spiro atoms. The van der Waals surface area contributed by atoms with Crippen LogP contribution in [0, 0.1) is 0 Å². The highest BCUT2D eigenvalue weighted by molar-refractivity contribution is 6.35. The largest absolute Gasteiger partial charge is 0.434 e. The van der Waals surface area contributed by atoms with Gasteiger partial charge in [-0.2, -0.15) is 4.52 Å². The standard InChI is InChI=1S/C16H8Cl3N5O/c17-10-6-9(7-11(18)8-10)16-22-21-13-3-4-14(23-24(13)16)25-12-2-1-5-20-15(12)19/h1-8H. The maximum atomic E-state index is 6.07. The summed E-state index contributed by atoms with van der Waals surface area (Å²) < 4.78 is 7.23. The molecule has 0 unspecified atom stereocenters. The lowest BCUT2D eigenvalue weighted by Crippen LogP contribution is -1.98. The zero-order chi connectivity index (χ0) is 17.4. The molecule has 124 valence electrons. The number of rotatable bonds is 3. The summed E-state index contributed by atoms with van der Waals surface area (Å²) in [5, 5.41) is 13.9. The number of halogens is 3. The number of benzene rings is 1. The van der Waals surface area contributed by atoms with Crippen molar-refractivity contribution >= 4 is 40.4 Å². The number of hydrogen-bond acceptors (Lipinski definition) is 5. The third-order valence-electron chi connectivity index (χ3n) is 3.30. The smallest absolute Gasteiger partial charge is 0.237 e. The molecule has 3 aromatic heterocycles. The van der Waals surface area contributed by atoms with Crippen LogP contribution in [0.15, 0.2) is 48.7 Å². The van der Waals surface area contributed by atoms with Crippen LogP contribution in [0.3, 0.4) is 0 Å². The van der Waals surface area contributed by atoms with Crippen LogP contribution in [0.1, 0.15) is 0 Å². The molecule has 0 aliphatic rings. The summed E-state index contributed by atoms with van der Waals surface area (Å²) in [6, 6.07) is 11.9. The molecule has 0 aliphatic carbocycles. The van der Waals surface area contributed by atoms with E-state index in [-0.39, 0.29) is 5.15 Å². The Bertz CT molecular complexity index is 1060. The first kappa shape index (κ1) is 16.1. The Morgan fingerprint density at radius 2 is 1.72 bits per heavy atom. The van der Waals surface area contributed by atoms with Crippen LogP contribution in [-0.2, 0) is 0 Å². The fourth-order valence-corrected chi connectivity index (χ4v) is 2.93. The third-order valence-corrected chi connectivity index (χ3v) is 4.02. The molecule has 9 heteroatoms. The van der Waals surface area contributed by atoms with Gasteiger partial charge in [-0.25, -0.2) is 4.98 Å². The minimum absolute atomic E-state index is 0.245. The summed E-state index contributed by atoms with van der Waals surface area (Å²) in [5.74, 6) is 1.20. The zero-order valence-electron chi connectivity index (χ0n) is 12.4. The highest BCUT2D eigenvalue weighted by Crippen LogP contribution is 2.28. The fourth-order valence-electron chi connectivity index (χ4n) is 2.25. The maximum Gasteiger partial charge on any atom is 0.237 e. The predicted molar refractivity (Wildman–Crippen MR) is 95.6 cm³/mol. The van der Waals surface area contributed by atoms with Crippen molar-refractivity contribution in [3.8, 4) is 23.0 Å². The number of pyridine rings is 1. The van der Waals surface area contributed by atoms with E-state index in [4.69, 9.17) is 39.5 Å². The molecule has 0 bridgehead atoms.